The number of nitrogens with zero attached hydrogens (tertiary/aromatic N) is 3. The average molecular weight is 441 g/mol. The Hall–Kier alpha value is -3.33. The van der Waals surface area contributed by atoms with Gasteiger partial charge in [-0.25, -0.2) is 4.79 Å². The lowest BCUT2D eigenvalue weighted by atomic mass is 10.2. The summed E-state index contributed by atoms with van der Waals surface area (Å²) >= 11 is 1.28. The molecule has 31 heavy (non-hydrogen) atoms. The number of aromatic nitrogens is 3. The van der Waals surface area contributed by atoms with Crippen LogP contribution in [0.3, 0.4) is 0 Å². The molecule has 2 aromatic carbocycles. The highest BCUT2D eigenvalue weighted by Gasteiger charge is 2.14. The van der Waals surface area contributed by atoms with Crippen LogP contribution >= 0.6 is 11.8 Å². The molecule has 1 amide bonds. The van der Waals surface area contributed by atoms with Crippen LogP contribution in [0.2, 0.25) is 0 Å². The Labute approximate surface area is 185 Å². The summed E-state index contributed by atoms with van der Waals surface area (Å²) in [6.07, 6.45) is -0.212. The van der Waals surface area contributed by atoms with Crippen LogP contribution in [0.15, 0.2) is 53.7 Å². The van der Waals surface area contributed by atoms with E-state index in [1.165, 1.54) is 11.8 Å². The highest BCUT2D eigenvalue weighted by atomic mass is 32.2. The van der Waals surface area contributed by atoms with Gasteiger partial charge < -0.3 is 19.4 Å². The average Bonchev–Trinajstić information content (AvgIpc) is 3.12. The zero-order valence-corrected chi connectivity index (χ0v) is 18.6. The van der Waals surface area contributed by atoms with Gasteiger partial charge in [-0.05, 0) is 56.3 Å². The summed E-state index contributed by atoms with van der Waals surface area (Å²) in [4.78, 5) is 24.4. The second-order valence-corrected chi connectivity index (χ2v) is 7.91. The van der Waals surface area contributed by atoms with Gasteiger partial charge in [-0.15, -0.1) is 10.2 Å². The summed E-state index contributed by atoms with van der Waals surface area (Å²) in [6, 6.07) is 14.2. The molecule has 3 aromatic rings. The summed E-state index contributed by atoms with van der Waals surface area (Å²) in [7, 11) is 3.47. The number of hydrogen-bond donors (Lipinski definition) is 1. The van der Waals surface area contributed by atoms with Crippen molar-refractivity contribution in [2.45, 2.75) is 25.1 Å². The summed E-state index contributed by atoms with van der Waals surface area (Å²) in [5, 5.41) is 11.8. The maximum absolute atomic E-state index is 12.4. The minimum absolute atomic E-state index is 0.148. The minimum Gasteiger partial charge on any atom is -0.497 e. The van der Waals surface area contributed by atoms with Gasteiger partial charge in [0.25, 0.3) is 0 Å². The van der Waals surface area contributed by atoms with Gasteiger partial charge >= 0.3 is 5.97 Å². The van der Waals surface area contributed by atoms with Crippen molar-refractivity contribution in [1.82, 2.24) is 14.8 Å². The third kappa shape index (κ3) is 5.85. The molecule has 0 saturated heterocycles. The monoisotopic (exact) mass is 440 g/mol. The highest BCUT2D eigenvalue weighted by molar-refractivity contribution is 7.99. The lowest BCUT2D eigenvalue weighted by Crippen LogP contribution is -2.16. The molecule has 0 radical (unpaired) electrons. The standard InChI is InChI=1S/C22H24N4O4S/c1-14(2)30-21(28)16-6-5-7-17(12-16)23-19(27)13-31-22-25-24-20(26(22)3)15-8-10-18(29-4)11-9-15/h5-12,14H,13H2,1-4H3,(H,23,27). The lowest BCUT2D eigenvalue weighted by Gasteiger charge is -2.10. The van der Waals surface area contributed by atoms with Crippen LogP contribution in [0.4, 0.5) is 5.69 Å². The van der Waals surface area contributed by atoms with E-state index in [1.54, 1.807) is 45.2 Å². The molecule has 0 saturated carbocycles. The van der Waals surface area contributed by atoms with E-state index >= 15 is 0 Å². The quantitative estimate of drug-likeness (QED) is 0.421. The first-order chi connectivity index (χ1) is 14.9. The second kappa shape index (κ2) is 10.1. The number of amides is 1. The molecular formula is C22H24N4O4S. The number of ether oxygens (including phenoxy) is 2. The second-order valence-electron chi connectivity index (χ2n) is 6.97. The Morgan fingerprint density at radius 1 is 1.13 bits per heavy atom. The van der Waals surface area contributed by atoms with Gasteiger partial charge in [-0.3, -0.25) is 4.79 Å². The Morgan fingerprint density at radius 3 is 2.55 bits per heavy atom. The molecule has 1 N–H and O–H groups in total. The Balaban J connectivity index is 1.60. The van der Waals surface area contributed by atoms with Gasteiger partial charge in [0, 0.05) is 18.3 Å². The third-order valence-corrected chi connectivity index (χ3v) is 5.26. The molecule has 8 nitrogen and oxygen atoms in total. The first-order valence-electron chi connectivity index (χ1n) is 9.65. The zero-order chi connectivity index (χ0) is 22.4. The van der Waals surface area contributed by atoms with Gasteiger partial charge in [0.15, 0.2) is 11.0 Å². The van der Waals surface area contributed by atoms with Crippen LogP contribution in [-0.2, 0) is 16.6 Å². The number of esters is 1. The van der Waals surface area contributed by atoms with Crippen LogP contribution < -0.4 is 10.1 Å². The Kier molecular flexibility index (Phi) is 7.30. The third-order valence-electron chi connectivity index (χ3n) is 4.24. The van der Waals surface area contributed by atoms with Crippen LogP contribution in [0.25, 0.3) is 11.4 Å². The topological polar surface area (TPSA) is 95.3 Å². The normalized spacial score (nSPS) is 10.7. The first-order valence-corrected chi connectivity index (χ1v) is 10.6. The van der Waals surface area contributed by atoms with Gasteiger partial charge in [0.2, 0.25) is 5.91 Å². The number of nitrogens with one attached hydrogen (secondary N) is 1. The highest BCUT2D eigenvalue weighted by Crippen LogP contribution is 2.24. The maximum Gasteiger partial charge on any atom is 0.338 e. The van der Waals surface area contributed by atoms with Crippen molar-refractivity contribution in [2.75, 3.05) is 18.2 Å². The van der Waals surface area contributed by atoms with Crippen molar-refractivity contribution in [3.05, 3.63) is 54.1 Å². The number of thioether (sulfide) groups is 1. The van der Waals surface area contributed by atoms with Crippen molar-refractivity contribution in [1.29, 1.82) is 0 Å². The number of rotatable bonds is 8. The molecule has 0 aliphatic heterocycles. The number of hydrogen-bond acceptors (Lipinski definition) is 7. The van der Waals surface area contributed by atoms with Crippen LogP contribution in [0.5, 0.6) is 5.75 Å². The summed E-state index contributed by atoms with van der Waals surface area (Å²) < 4.78 is 12.2. The Morgan fingerprint density at radius 2 is 1.87 bits per heavy atom. The SMILES string of the molecule is COc1ccc(-c2nnc(SCC(=O)Nc3cccc(C(=O)OC(C)C)c3)n2C)cc1. The molecular weight excluding hydrogens is 416 g/mol. The van der Waals surface area contributed by atoms with E-state index in [0.717, 1.165) is 11.3 Å². The van der Waals surface area contributed by atoms with E-state index < -0.39 is 5.97 Å². The Bertz CT molecular complexity index is 1060. The number of methoxy groups -OCH3 is 1. The van der Waals surface area contributed by atoms with Crippen molar-refractivity contribution in [3.63, 3.8) is 0 Å². The molecule has 0 bridgehead atoms. The van der Waals surface area contributed by atoms with E-state index in [2.05, 4.69) is 15.5 Å². The summed E-state index contributed by atoms with van der Waals surface area (Å²) in [5.74, 6) is 0.967. The van der Waals surface area contributed by atoms with Gasteiger partial charge in [-0.1, -0.05) is 17.8 Å². The van der Waals surface area contributed by atoms with E-state index in [1.807, 2.05) is 35.9 Å². The molecule has 1 aromatic heterocycles. The molecule has 0 atom stereocenters. The number of benzene rings is 2. The van der Waals surface area contributed by atoms with Gasteiger partial charge in [0.05, 0.1) is 24.5 Å². The molecule has 1 heterocycles. The van der Waals surface area contributed by atoms with Gasteiger partial charge in [-0.2, -0.15) is 0 Å². The maximum atomic E-state index is 12.4. The fourth-order valence-electron chi connectivity index (χ4n) is 2.77. The minimum atomic E-state index is -0.425. The molecule has 162 valence electrons. The predicted molar refractivity (Wildman–Crippen MR) is 119 cm³/mol. The lowest BCUT2D eigenvalue weighted by molar-refractivity contribution is -0.113. The fraction of sp³-hybridized carbons (Fsp3) is 0.273. The summed E-state index contributed by atoms with van der Waals surface area (Å²) in [5.41, 5.74) is 1.81. The molecule has 0 fully saturated rings. The van der Waals surface area contributed by atoms with Crippen molar-refractivity contribution >= 4 is 29.3 Å². The van der Waals surface area contributed by atoms with E-state index in [4.69, 9.17) is 9.47 Å². The molecule has 3 rings (SSSR count). The van der Waals surface area contributed by atoms with Gasteiger partial charge in [0.1, 0.15) is 5.75 Å². The smallest absolute Gasteiger partial charge is 0.338 e. The molecule has 0 unspecified atom stereocenters. The molecule has 0 spiro atoms. The van der Waals surface area contributed by atoms with Crippen LogP contribution in [-0.4, -0.2) is 45.6 Å². The van der Waals surface area contributed by atoms with Crippen LogP contribution in [0, 0.1) is 0 Å². The zero-order valence-electron chi connectivity index (χ0n) is 17.8. The van der Waals surface area contributed by atoms with Crippen molar-refractivity contribution in [2.24, 2.45) is 7.05 Å². The largest absolute Gasteiger partial charge is 0.497 e. The first kappa shape index (κ1) is 22.4. The predicted octanol–water partition coefficient (Wildman–Crippen LogP) is 3.79. The number of carbonyl (C=O) groups is 2. The van der Waals surface area contributed by atoms with Crippen molar-refractivity contribution in [3.8, 4) is 17.1 Å². The molecule has 0 aliphatic carbocycles. The number of carbonyl (C=O) groups excluding carboxylic acids is 2. The number of anilines is 1. The molecule has 9 heteroatoms. The van der Waals surface area contributed by atoms with E-state index in [-0.39, 0.29) is 17.8 Å². The fourth-order valence-corrected chi connectivity index (χ4v) is 3.48. The van der Waals surface area contributed by atoms with E-state index in [9.17, 15) is 9.59 Å². The summed E-state index contributed by atoms with van der Waals surface area (Å²) in [6.45, 7) is 3.57. The van der Waals surface area contributed by atoms with E-state index in [0.29, 0.717) is 22.2 Å². The van der Waals surface area contributed by atoms with Crippen LogP contribution in [0.1, 0.15) is 24.2 Å². The van der Waals surface area contributed by atoms with Crippen molar-refractivity contribution < 1.29 is 19.1 Å². The molecule has 0 aliphatic rings.